The molecule has 0 unspecified atom stereocenters. The summed E-state index contributed by atoms with van der Waals surface area (Å²) < 4.78 is 12.0. The van der Waals surface area contributed by atoms with Crippen LogP contribution in [0.3, 0.4) is 0 Å². The smallest absolute Gasteiger partial charge is 0.306 e. The van der Waals surface area contributed by atoms with E-state index in [0.29, 0.717) is 24.4 Å². The number of nitrogens with zero attached hydrogens (tertiary/aromatic N) is 3. The molecule has 4 heterocycles. The molecule has 2 aromatic rings. The van der Waals surface area contributed by atoms with Gasteiger partial charge in [0.05, 0.1) is 6.10 Å². The molecule has 4 fully saturated rings. The fourth-order valence-corrected chi connectivity index (χ4v) is 6.90. The van der Waals surface area contributed by atoms with Gasteiger partial charge in [0.25, 0.3) is 0 Å². The van der Waals surface area contributed by atoms with Crippen LogP contribution in [-0.4, -0.2) is 84.8 Å². The molecule has 4 saturated heterocycles. The molecule has 2 bridgehead atoms. The van der Waals surface area contributed by atoms with Gasteiger partial charge in [0.2, 0.25) is 0 Å². The Hall–Kier alpha value is -2.25. The Morgan fingerprint density at radius 1 is 0.897 bits per heavy atom. The van der Waals surface area contributed by atoms with E-state index in [2.05, 4.69) is 82.3 Å². The van der Waals surface area contributed by atoms with E-state index in [1.165, 1.54) is 37.1 Å². The van der Waals surface area contributed by atoms with Gasteiger partial charge < -0.3 is 9.47 Å². The van der Waals surface area contributed by atoms with Crippen molar-refractivity contribution in [1.82, 2.24) is 14.7 Å². The van der Waals surface area contributed by atoms with Crippen molar-refractivity contribution in [3.63, 3.8) is 0 Å². The second kappa shape index (κ2) is 13.9. The minimum Gasteiger partial charge on any atom is -0.461 e. The summed E-state index contributed by atoms with van der Waals surface area (Å²) in [7, 11) is 1.86. The lowest BCUT2D eigenvalue weighted by Gasteiger charge is -2.45. The van der Waals surface area contributed by atoms with Gasteiger partial charge in [-0.05, 0) is 69.2 Å². The number of fused-ring (bicyclic) bond motifs is 3. The monoisotopic (exact) mass is 533 g/mol. The standard InChI is InChI=1S/C33H47N3O3/c1-26(10-9-15-33(37)39-31-24-34-19-16-29(31)17-20-34)35-21-18-30(32(25-35)38-2)36(22-27-11-5-3-6-12-27)23-28-13-7-4-8-14-28/h3-8,11-14,26,29-32H,9-10,15-25H2,1-2H3/t26-,30-,31+,32+/m1/s1. The van der Waals surface area contributed by atoms with Crippen molar-refractivity contribution in [1.29, 1.82) is 0 Å². The SMILES string of the molecule is CO[C@H]1CN([C@H](C)CCCC(=O)O[C@H]2CN3CCC2CC3)CC[C@H]1N(Cc1ccccc1)Cc1ccccc1. The highest BCUT2D eigenvalue weighted by atomic mass is 16.5. The molecule has 0 amide bonds. The first-order chi connectivity index (χ1) is 19.1. The number of rotatable bonds is 12. The van der Waals surface area contributed by atoms with Crippen molar-refractivity contribution in [2.75, 3.05) is 39.8 Å². The highest BCUT2D eigenvalue weighted by Crippen LogP contribution is 2.30. The molecule has 0 saturated carbocycles. The van der Waals surface area contributed by atoms with Gasteiger partial charge in [-0.25, -0.2) is 0 Å². The lowest BCUT2D eigenvalue weighted by molar-refractivity contribution is -0.159. The van der Waals surface area contributed by atoms with Crippen LogP contribution in [0.4, 0.5) is 0 Å². The summed E-state index contributed by atoms with van der Waals surface area (Å²) in [4.78, 5) is 20.2. The average molecular weight is 534 g/mol. The van der Waals surface area contributed by atoms with Gasteiger partial charge in [-0.2, -0.15) is 0 Å². The zero-order valence-corrected chi connectivity index (χ0v) is 23.9. The maximum absolute atomic E-state index is 12.6. The van der Waals surface area contributed by atoms with Gasteiger partial charge in [-0.15, -0.1) is 0 Å². The summed E-state index contributed by atoms with van der Waals surface area (Å²) in [6, 6.07) is 22.3. The molecule has 39 heavy (non-hydrogen) atoms. The molecular weight excluding hydrogens is 486 g/mol. The molecule has 4 aliphatic heterocycles. The predicted octanol–water partition coefficient (Wildman–Crippen LogP) is 4.97. The van der Waals surface area contributed by atoms with Crippen LogP contribution in [0.2, 0.25) is 0 Å². The molecule has 212 valence electrons. The van der Waals surface area contributed by atoms with E-state index < -0.39 is 0 Å². The Morgan fingerprint density at radius 2 is 1.54 bits per heavy atom. The number of carbonyl (C=O) groups is 1. The van der Waals surface area contributed by atoms with Gasteiger partial charge in [0.1, 0.15) is 6.10 Å². The molecule has 0 aliphatic carbocycles. The molecule has 4 atom stereocenters. The summed E-state index contributed by atoms with van der Waals surface area (Å²) in [6.45, 7) is 9.39. The second-order valence-electron chi connectivity index (χ2n) is 11.9. The Balaban J connectivity index is 1.12. The summed E-state index contributed by atoms with van der Waals surface area (Å²) >= 11 is 0. The van der Waals surface area contributed by atoms with Crippen molar-refractivity contribution in [2.45, 2.75) is 82.8 Å². The third-order valence-corrected chi connectivity index (χ3v) is 9.29. The molecule has 0 radical (unpaired) electrons. The fourth-order valence-electron chi connectivity index (χ4n) is 6.90. The first-order valence-corrected chi connectivity index (χ1v) is 15.1. The third kappa shape index (κ3) is 7.69. The van der Waals surface area contributed by atoms with Gasteiger partial charge >= 0.3 is 5.97 Å². The zero-order chi connectivity index (χ0) is 27.0. The van der Waals surface area contributed by atoms with Gasteiger partial charge in [0, 0.05) is 58.3 Å². The Bertz CT molecular complexity index is 970. The minimum atomic E-state index is -0.00751. The first-order valence-electron chi connectivity index (χ1n) is 15.1. The highest BCUT2D eigenvalue weighted by Gasteiger charge is 2.37. The average Bonchev–Trinajstić information content (AvgIpc) is 2.98. The summed E-state index contributed by atoms with van der Waals surface area (Å²) in [5.41, 5.74) is 2.67. The first kappa shape index (κ1) is 28.3. The van der Waals surface area contributed by atoms with Crippen molar-refractivity contribution >= 4 is 5.97 Å². The number of piperidine rings is 4. The maximum atomic E-state index is 12.6. The number of methoxy groups -OCH3 is 1. The number of esters is 1. The van der Waals surface area contributed by atoms with Gasteiger partial charge in [-0.3, -0.25) is 19.5 Å². The van der Waals surface area contributed by atoms with Crippen LogP contribution < -0.4 is 0 Å². The topological polar surface area (TPSA) is 45.2 Å². The zero-order valence-electron chi connectivity index (χ0n) is 23.9. The highest BCUT2D eigenvalue weighted by molar-refractivity contribution is 5.69. The summed E-state index contributed by atoms with van der Waals surface area (Å²) in [5, 5.41) is 0. The number of hydrogen-bond donors (Lipinski definition) is 0. The molecular formula is C33H47N3O3. The second-order valence-corrected chi connectivity index (χ2v) is 11.9. The van der Waals surface area contributed by atoms with Crippen molar-refractivity contribution < 1.29 is 14.3 Å². The van der Waals surface area contributed by atoms with Crippen LogP contribution in [0.15, 0.2) is 60.7 Å². The maximum Gasteiger partial charge on any atom is 0.306 e. The number of ether oxygens (including phenoxy) is 2. The van der Waals surface area contributed by atoms with Gasteiger partial charge in [0.15, 0.2) is 0 Å². The molecule has 6 nitrogen and oxygen atoms in total. The van der Waals surface area contributed by atoms with E-state index in [4.69, 9.17) is 9.47 Å². The Labute approximate surface area is 235 Å². The molecule has 0 N–H and O–H groups in total. The van der Waals surface area contributed by atoms with E-state index in [0.717, 1.165) is 52.0 Å². The molecule has 2 aromatic carbocycles. The largest absolute Gasteiger partial charge is 0.461 e. The van der Waals surface area contributed by atoms with Crippen molar-refractivity contribution in [2.24, 2.45) is 5.92 Å². The molecule has 6 heteroatoms. The Morgan fingerprint density at radius 3 is 2.10 bits per heavy atom. The van der Waals surface area contributed by atoms with E-state index in [9.17, 15) is 4.79 Å². The van der Waals surface area contributed by atoms with E-state index in [-0.39, 0.29) is 18.2 Å². The van der Waals surface area contributed by atoms with E-state index in [1.807, 2.05) is 7.11 Å². The van der Waals surface area contributed by atoms with Gasteiger partial charge in [-0.1, -0.05) is 60.7 Å². The van der Waals surface area contributed by atoms with Crippen LogP contribution in [-0.2, 0) is 27.4 Å². The van der Waals surface area contributed by atoms with Crippen LogP contribution in [0.5, 0.6) is 0 Å². The van der Waals surface area contributed by atoms with E-state index >= 15 is 0 Å². The van der Waals surface area contributed by atoms with Crippen LogP contribution in [0.1, 0.15) is 56.6 Å². The van der Waals surface area contributed by atoms with Crippen LogP contribution in [0, 0.1) is 5.92 Å². The predicted molar refractivity (Wildman–Crippen MR) is 155 cm³/mol. The van der Waals surface area contributed by atoms with Crippen LogP contribution in [0.25, 0.3) is 0 Å². The summed E-state index contributed by atoms with van der Waals surface area (Å²) in [5.74, 6) is 0.570. The van der Waals surface area contributed by atoms with Crippen molar-refractivity contribution in [3.05, 3.63) is 71.8 Å². The quantitative estimate of drug-likeness (QED) is 0.359. The number of hydrogen-bond acceptors (Lipinski definition) is 6. The van der Waals surface area contributed by atoms with Crippen molar-refractivity contribution in [3.8, 4) is 0 Å². The fraction of sp³-hybridized carbons (Fsp3) is 0.606. The number of likely N-dealkylation sites (tertiary alicyclic amines) is 1. The molecule has 6 rings (SSSR count). The molecule has 0 aromatic heterocycles. The lowest BCUT2D eigenvalue weighted by Crippen LogP contribution is -2.56. The molecule has 4 aliphatic rings. The number of benzene rings is 2. The normalized spacial score (nSPS) is 27.9. The minimum absolute atomic E-state index is 0.00751. The number of carbonyl (C=O) groups excluding carboxylic acids is 1. The van der Waals surface area contributed by atoms with E-state index in [1.54, 1.807) is 0 Å². The summed E-state index contributed by atoms with van der Waals surface area (Å²) in [6.07, 6.45) is 6.12. The third-order valence-electron chi connectivity index (χ3n) is 9.29. The van der Waals surface area contributed by atoms with Crippen LogP contribution >= 0.6 is 0 Å². The Kier molecular flexibility index (Phi) is 10.1. The lowest BCUT2D eigenvalue weighted by atomic mass is 9.86. The molecule has 0 spiro atoms.